The van der Waals surface area contributed by atoms with Gasteiger partial charge in [0.2, 0.25) is 0 Å². The zero-order chi connectivity index (χ0) is 12.3. The smallest absolute Gasteiger partial charge is 0.122 e. The van der Waals surface area contributed by atoms with Gasteiger partial charge in [-0.3, -0.25) is 0 Å². The molecule has 2 nitrogen and oxygen atoms in total. The van der Waals surface area contributed by atoms with Crippen LogP contribution in [0.3, 0.4) is 0 Å². The molecule has 0 saturated heterocycles. The Kier molecular flexibility index (Phi) is 4.36. The van der Waals surface area contributed by atoms with Crippen LogP contribution in [0.25, 0.3) is 0 Å². The summed E-state index contributed by atoms with van der Waals surface area (Å²) in [6.45, 7) is 8.59. The molecular weight excluding hydrogens is 200 g/mol. The summed E-state index contributed by atoms with van der Waals surface area (Å²) in [7, 11) is 1.70. The van der Waals surface area contributed by atoms with Crippen LogP contribution in [0.15, 0.2) is 6.07 Å². The fraction of sp³-hybridized carbons (Fsp3) is 0.571. The van der Waals surface area contributed by atoms with Crippen molar-refractivity contribution in [3.63, 3.8) is 0 Å². The number of aliphatic hydroxyl groups is 1. The minimum absolute atomic E-state index is 0.212. The number of ether oxygens (including phenoxy) is 1. The van der Waals surface area contributed by atoms with Gasteiger partial charge in [-0.1, -0.05) is 6.92 Å². The topological polar surface area (TPSA) is 29.5 Å². The highest BCUT2D eigenvalue weighted by Gasteiger charge is 2.17. The molecule has 0 fully saturated rings. The summed E-state index contributed by atoms with van der Waals surface area (Å²) < 4.78 is 5.35. The van der Waals surface area contributed by atoms with E-state index in [-0.39, 0.29) is 12.5 Å². The van der Waals surface area contributed by atoms with Gasteiger partial charge in [-0.05, 0) is 55.5 Å². The number of aliphatic hydroxyl groups excluding tert-OH is 1. The number of aryl methyl sites for hydroxylation is 1. The van der Waals surface area contributed by atoms with Crippen LogP contribution in [0.2, 0.25) is 0 Å². The quantitative estimate of drug-likeness (QED) is 0.848. The minimum Gasteiger partial charge on any atom is -0.496 e. The van der Waals surface area contributed by atoms with Crippen LogP contribution in [0.4, 0.5) is 0 Å². The van der Waals surface area contributed by atoms with Crippen LogP contribution in [0, 0.1) is 20.8 Å². The number of hydrogen-bond acceptors (Lipinski definition) is 2. The molecule has 0 heterocycles. The average Bonchev–Trinajstić information content (AvgIpc) is 2.29. The molecule has 1 atom stereocenters. The van der Waals surface area contributed by atoms with Crippen molar-refractivity contribution in [2.45, 2.75) is 40.0 Å². The zero-order valence-electron chi connectivity index (χ0n) is 10.9. The van der Waals surface area contributed by atoms with Crippen molar-refractivity contribution in [1.82, 2.24) is 0 Å². The highest BCUT2D eigenvalue weighted by atomic mass is 16.5. The molecule has 2 heteroatoms. The van der Waals surface area contributed by atoms with Gasteiger partial charge in [-0.25, -0.2) is 0 Å². The van der Waals surface area contributed by atoms with E-state index in [2.05, 4.69) is 33.8 Å². The van der Waals surface area contributed by atoms with Crippen molar-refractivity contribution in [2.75, 3.05) is 13.7 Å². The third-order valence-electron chi connectivity index (χ3n) is 3.45. The second-order valence-corrected chi connectivity index (χ2v) is 4.35. The number of hydrogen-bond donors (Lipinski definition) is 1. The first-order valence-corrected chi connectivity index (χ1v) is 5.82. The molecule has 1 aromatic carbocycles. The first kappa shape index (κ1) is 13.0. The summed E-state index contributed by atoms with van der Waals surface area (Å²) in [5, 5.41) is 9.41. The minimum atomic E-state index is 0.212. The summed E-state index contributed by atoms with van der Waals surface area (Å²) in [6.07, 6.45) is 0.962. The third-order valence-corrected chi connectivity index (χ3v) is 3.45. The SMILES string of the molecule is CCC(CO)c1c(C)cc(OC)c(C)c1C. The maximum Gasteiger partial charge on any atom is 0.122 e. The Labute approximate surface area is 98.3 Å². The van der Waals surface area contributed by atoms with Gasteiger partial charge < -0.3 is 9.84 Å². The van der Waals surface area contributed by atoms with Gasteiger partial charge in [0.15, 0.2) is 0 Å². The lowest BCUT2D eigenvalue weighted by Gasteiger charge is -2.21. The monoisotopic (exact) mass is 222 g/mol. The Morgan fingerprint density at radius 2 is 1.88 bits per heavy atom. The predicted octanol–water partition coefficient (Wildman–Crippen LogP) is 3.11. The average molecular weight is 222 g/mol. The van der Waals surface area contributed by atoms with Crippen molar-refractivity contribution < 1.29 is 9.84 Å². The summed E-state index contributed by atoms with van der Waals surface area (Å²) in [4.78, 5) is 0. The highest BCUT2D eigenvalue weighted by molar-refractivity contribution is 5.49. The summed E-state index contributed by atoms with van der Waals surface area (Å²) in [5.41, 5.74) is 4.91. The maximum atomic E-state index is 9.41. The van der Waals surface area contributed by atoms with E-state index in [1.807, 2.05) is 0 Å². The summed E-state index contributed by atoms with van der Waals surface area (Å²) in [6, 6.07) is 2.07. The molecule has 0 saturated carbocycles. The lowest BCUT2D eigenvalue weighted by molar-refractivity contribution is 0.261. The standard InChI is InChI=1S/C14H22O2/c1-6-12(8-15)14-9(2)7-13(16-5)10(3)11(14)4/h7,12,15H,6,8H2,1-5H3. The number of methoxy groups -OCH3 is 1. The van der Waals surface area contributed by atoms with Crippen molar-refractivity contribution in [3.8, 4) is 5.75 Å². The van der Waals surface area contributed by atoms with E-state index in [1.54, 1.807) is 7.11 Å². The summed E-state index contributed by atoms with van der Waals surface area (Å²) in [5.74, 6) is 1.18. The van der Waals surface area contributed by atoms with Crippen LogP contribution in [-0.2, 0) is 0 Å². The lowest BCUT2D eigenvalue weighted by Crippen LogP contribution is -2.09. The van der Waals surface area contributed by atoms with Gasteiger partial charge >= 0.3 is 0 Å². The van der Waals surface area contributed by atoms with E-state index in [9.17, 15) is 5.11 Å². The first-order chi connectivity index (χ1) is 7.56. The number of benzene rings is 1. The molecule has 1 unspecified atom stereocenters. The fourth-order valence-electron chi connectivity index (χ4n) is 2.33. The maximum absolute atomic E-state index is 9.41. The molecular formula is C14H22O2. The van der Waals surface area contributed by atoms with Gasteiger partial charge in [-0.2, -0.15) is 0 Å². The van der Waals surface area contributed by atoms with Gasteiger partial charge in [0.1, 0.15) is 5.75 Å². The molecule has 16 heavy (non-hydrogen) atoms. The van der Waals surface area contributed by atoms with Crippen LogP contribution in [-0.4, -0.2) is 18.8 Å². The fourth-order valence-corrected chi connectivity index (χ4v) is 2.33. The van der Waals surface area contributed by atoms with Crippen molar-refractivity contribution in [1.29, 1.82) is 0 Å². The van der Waals surface area contributed by atoms with Crippen LogP contribution >= 0.6 is 0 Å². The molecule has 0 amide bonds. The largest absolute Gasteiger partial charge is 0.496 e. The molecule has 1 N–H and O–H groups in total. The Balaban J connectivity index is 3.35. The Bertz CT molecular complexity index is 365. The molecule has 0 bridgehead atoms. The molecule has 0 aliphatic carbocycles. The van der Waals surface area contributed by atoms with E-state index in [1.165, 1.54) is 22.3 Å². The van der Waals surface area contributed by atoms with Gasteiger partial charge in [0.05, 0.1) is 7.11 Å². The molecule has 0 radical (unpaired) electrons. The van der Waals surface area contributed by atoms with Crippen LogP contribution < -0.4 is 4.74 Å². The van der Waals surface area contributed by atoms with E-state index in [0.29, 0.717) is 0 Å². The molecule has 0 aliphatic rings. The van der Waals surface area contributed by atoms with Gasteiger partial charge in [-0.15, -0.1) is 0 Å². The van der Waals surface area contributed by atoms with E-state index in [0.717, 1.165) is 12.2 Å². The zero-order valence-corrected chi connectivity index (χ0v) is 10.9. The predicted molar refractivity (Wildman–Crippen MR) is 67.3 cm³/mol. The Morgan fingerprint density at radius 1 is 1.25 bits per heavy atom. The number of rotatable bonds is 4. The molecule has 0 spiro atoms. The molecule has 1 aromatic rings. The normalized spacial score (nSPS) is 12.6. The van der Waals surface area contributed by atoms with Crippen LogP contribution in [0.1, 0.15) is 41.5 Å². The van der Waals surface area contributed by atoms with Crippen molar-refractivity contribution in [3.05, 3.63) is 28.3 Å². The lowest BCUT2D eigenvalue weighted by atomic mass is 9.87. The second-order valence-electron chi connectivity index (χ2n) is 4.35. The third kappa shape index (κ3) is 2.22. The van der Waals surface area contributed by atoms with E-state index >= 15 is 0 Å². The Morgan fingerprint density at radius 3 is 2.31 bits per heavy atom. The molecule has 0 aromatic heterocycles. The van der Waals surface area contributed by atoms with Crippen LogP contribution in [0.5, 0.6) is 5.75 Å². The van der Waals surface area contributed by atoms with Gasteiger partial charge in [0.25, 0.3) is 0 Å². The summed E-state index contributed by atoms with van der Waals surface area (Å²) >= 11 is 0. The first-order valence-electron chi connectivity index (χ1n) is 5.82. The second kappa shape index (κ2) is 5.35. The molecule has 1 rings (SSSR count). The molecule has 90 valence electrons. The van der Waals surface area contributed by atoms with Crippen molar-refractivity contribution >= 4 is 0 Å². The Hall–Kier alpha value is -1.02. The highest BCUT2D eigenvalue weighted by Crippen LogP contribution is 2.33. The van der Waals surface area contributed by atoms with Crippen molar-refractivity contribution in [2.24, 2.45) is 0 Å². The molecule has 0 aliphatic heterocycles. The van der Waals surface area contributed by atoms with Gasteiger partial charge in [0, 0.05) is 12.5 Å². The van der Waals surface area contributed by atoms with E-state index in [4.69, 9.17) is 4.74 Å². The van der Waals surface area contributed by atoms with E-state index < -0.39 is 0 Å².